The first-order valence-corrected chi connectivity index (χ1v) is 9.96. The maximum atomic E-state index is 12.6. The molecule has 0 saturated carbocycles. The van der Waals surface area contributed by atoms with Crippen molar-refractivity contribution in [3.63, 3.8) is 0 Å². The van der Waals surface area contributed by atoms with E-state index in [1.165, 1.54) is 5.56 Å². The fraction of sp³-hybridized carbons (Fsp3) is 0.353. The maximum absolute atomic E-state index is 12.6. The molecule has 2 aliphatic rings. The Kier molecular flexibility index (Phi) is 4.02. The van der Waals surface area contributed by atoms with Gasteiger partial charge in [-0.1, -0.05) is 24.9 Å². The molecule has 7 heteroatoms. The lowest BCUT2D eigenvalue weighted by Crippen LogP contribution is -2.27. The van der Waals surface area contributed by atoms with Gasteiger partial charge in [0.25, 0.3) is 0 Å². The van der Waals surface area contributed by atoms with Crippen molar-refractivity contribution in [2.45, 2.75) is 24.2 Å². The molecule has 2 aliphatic heterocycles. The Bertz CT molecular complexity index is 860. The Morgan fingerprint density at radius 1 is 1.00 bits per heavy atom. The zero-order valence-corrected chi connectivity index (χ0v) is 14.9. The summed E-state index contributed by atoms with van der Waals surface area (Å²) in [6.45, 7) is 2.09. The monoisotopic (exact) mass is 361 g/mol. The van der Waals surface area contributed by atoms with Gasteiger partial charge in [0.1, 0.15) is 5.82 Å². The van der Waals surface area contributed by atoms with Crippen molar-refractivity contribution in [2.24, 2.45) is 0 Å². The summed E-state index contributed by atoms with van der Waals surface area (Å²) in [5.74, 6) is 0.893. The number of sulfonamides is 1. The molecule has 1 fully saturated rings. The van der Waals surface area contributed by atoms with E-state index in [0.29, 0.717) is 18.0 Å². The number of fused-ring (bicyclic) bond motifs is 1. The zero-order valence-electron chi connectivity index (χ0n) is 13.2. The van der Waals surface area contributed by atoms with Crippen molar-refractivity contribution in [3.8, 4) is 11.1 Å². The van der Waals surface area contributed by atoms with Crippen LogP contribution >= 0.6 is 12.8 Å². The summed E-state index contributed by atoms with van der Waals surface area (Å²) in [5, 5.41) is 0. The Labute approximate surface area is 147 Å². The predicted octanol–water partition coefficient (Wildman–Crippen LogP) is 2.74. The van der Waals surface area contributed by atoms with Gasteiger partial charge in [0.2, 0.25) is 10.0 Å². The Morgan fingerprint density at radius 3 is 2.42 bits per heavy atom. The molecule has 5 nitrogen and oxygen atoms in total. The van der Waals surface area contributed by atoms with Crippen molar-refractivity contribution in [1.82, 2.24) is 9.29 Å². The summed E-state index contributed by atoms with van der Waals surface area (Å²) >= 11 is 4.42. The molecule has 1 aromatic heterocycles. The van der Waals surface area contributed by atoms with Gasteiger partial charge in [-0.3, -0.25) is 0 Å². The molecule has 1 saturated heterocycles. The summed E-state index contributed by atoms with van der Waals surface area (Å²) in [4.78, 5) is 4.75. The summed E-state index contributed by atoms with van der Waals surface area (Å²) in [7, 11) is -3.36. The van der Waals surface area contributed by atoms with Crippen LogP contribution in [0.1, 0.15) is 18.4 Å². The number of anilines is 1. The van der Waals surface area contributed by atoms with Crippen LogP contribution < -0.4 is 4.31 Å². The van der Waals surface area contributed by atoms with E-state index in [2.05, 4.69) is 17.8 Å². The van der Waals surface area contributed by atoms with E-state index < -0.39 is 10.0 Å². The highest BCUT2D eigenvalue weighted by Gasteiger charge is 2.27. The summed E-state index contributed by atoms with van der Waals surface area (Å²) in [5.41, 5.74) is 3.28. The highest BCUT2D eigenvalue weighted by atomic mass is 32.2. The number of thiol groups is 1. The van der Waals surface area contributed by atoms with Crippen LogP contribution in [-0.2, 0) is 16.4 Å². The predicted molar refractivity (Wildman–Crippen MR) is 97.7 cm³/mol. The molecule has 0 aliphatic carbocycles. The molecule has 0 radical (unpaired) electrons. The van der Waals surface area contributed by atoms with Gasteiger partial charge in [-0.25, -0.2) is 13.4 Å². The third-order valence-corrected chi connectivity index (χ3v) is 7.02. The first-order valence-electron chi connectivity index (χ1n) is 8.12. The Balaban J connectivity index is 1.68. The smallest absolute Gasteiger partial charge is 0.243 e. The van der Waals surface area contributed by atoms with Crippen LogP contribution in [-0.4, -0.2) is 37.3 Å². The molecule has 4 rings (SSSR count). The van der Waals surface area contributed by atoms with Gasteiger partial charge in [0, 0.05) is 31.4 Å². The van der Waals surface area contributed by atoms with Crippen LogP contribution in [0.15, 0.2) is 41.4 Å². The molecule has 0 bridgehead atoms. The van der Waals surface area contributed by atoms with Crippen molar-refractivity contribution in [2.75, 3.05) is 23.9 Å². The van der Waals surface area contributed by atoms with E-state index in [4.69, 9.17) is 0 Å². The van der Waals surface area contributed by atoms with Gasteiger partial charge in [-0.2, -0.15) is 4.31 Å². The van der Waals surface area contributed by atoms with Crippen LogP contribution in [0.25, 0.3) is 11.1 Å². The average Bonchev–Trinajstić information content (AvgIpc) is 3.26. The van der Waals surface area contributed by atoms with Gasteiger partial charge in [0.15, 0.2) is 0 Å². The van der Waals surface area contributed by atoms with Crippen molar-refractivity contribution >= 4 is 28.7 Å². The lowest BCUT2D eigenvalue weighted by molar-refractivity contribution is 0.477. The second kappa shape index (κ2) is 6.06. The first kappa shape index (κ1) is 15.9. The lowest BCUT2D eigenvalue weighted by Gasteiger charge is -2.16. The van der Waals surface area contributed by atoms with Gasteiger partial charge in [0.05, 0.1) is 4.90 Å². The third-order valence-electron chi connectivity index (χ3n) is 4.72. The molecule has 0 amide bonds. The van der Waals surface area contributed by atoms with Crippen LogP contribution in [0.2, 0.25) is 0 Å². The van der Waals surface area contributed by atoms with E-state index in [0.717, 1.165) is 42.8 Å². The summed E-state index contributed by atoms with van der Waals surface area (Å²) in [6.07, 6.45) is 4.56. The zero-order chi connectivity index (χ0) is 16.7. The minimum absolute atomic E-state index is 0.370. The van der Waals surface area contributed by atoms with E-state index in [1.54, 1.807) is 22.6 Å². The molecule has 126 valence electrons. The SMILES string of the molecule is O=S(=O)(c1ccc(-c2ccnc3c2CCN3S)cc1)N1CCCC1. The maximum Gasteiger partial charge on any atom is 0.243 e. The molecule has 24 heavy (non-hydrogen) atoms. The fourth-order valence-corrected chi connectivity index (χ4v) is 5.22. The Morgan fingerprint density at radius 2 is 1.71 bits per heavy atom. The minimum atomic E-state index is -3.36. The number of hydrogen-bond acceptors (Lipinski definition) is 5. The molecule has 1 aromatic carbocycles. The number of rotatable bonds is 3. The van der Waals surface area contributed by atoms with E-state index >= 15 is 0 Å². The molecule has 0 spiro atoms. The number of benzene rings is 1. The molecule has 3 heterocycles. The summed E-state index contributed by atoms with van der Waals surface area (Å²) in [6, 6.07) is 9.18. The summed E-state index contributed by atoms with van der Waals surface area (Å²) < 4.78 is 28.6. The van der Waals surface area contributed by atoms with Crippen molar-refractivity contribution in [1.29, 1.82) is 0 Å². The molecular weight excluding hydrogens is 342 g/mol. The lowest BCUT2D eigenvalue weighted by atomic mass is 10.0. The highest BCUT2D eigenvalue weighted by Crippen LogP contribution is 2.35. The number of hydrogen-bond donors (Lipinski definition) is 1. The molecular formula is C17H19N3O2S2. The van der Waals surface area contributed by atoms with Crippen molar-refractivity contribution < 1.29 is 8.42 Å². The van der Waals surface area contributed by atoms with Crippen LogP contribution in [0, 0.1) is 0 Å². The molecule has 0 atom stereocenters. The third kappa shape index (κ3) is 2.60. The van der Waals surface area contributed by atoms with Crippen LogP contribution in [0.3, 0.4) is 0 Å². The van der Waals surface area contributed by atoms with E-state index in [1.807, 2.05) is 22.5 Å². The minimum Gasteiger partial charge on any atom is -0.303 e. The van der Waals surface area contributed by atoms with Crippen LogP contribution in [0.4, 0.5) is 5.82 Å². The number of pyridine rings is 1. The fourth-order valence-electron chi connectivity index (χ4n) is 3.43. The largest absolute Gasteiger partial charge is 0.303 e. The average molecular weight is 361 g/mol. The molecule has 2 aromatic rings. The van der Waals surface area contributed by atoms with Crippen LogP contribution in [0.5, 0.6) is 0 Å². The normalized spacial score (nSPS) is 18.1. The topological polar surface area (TPSA) is 53.5 Å². The molecule has 0 N–H and O–H groups in total. The van der Waals surface area contributed by atoms with E-state index in [-0.39, 0.29) is 0 Å². The van der Waals surface area contributed by atoms with Gasteiger partial charge in [-0.05, 0) is 48.6 Å². The second-order valence-corrected chi connectivity index (χ2v) is 8.59. The Hall–Kier alpha value is -1.57. The second-order valence-electron chi connectivity index (χ2n) is 6.17. The number of aromatic nitrogens is 1. The van der Waals surface area contributed by atoms with Gasteiger partial charge in [-0.15, -0.1) is 0 Å². The number of nitrogens with zero attached hydrogens (tertiary/aromatic N) is 3. The molecule has 0 unspecified atom stereocenters. The standard InChI is InChI=1S/C17H19N3O2S2/c21-24(22,19-10-1-2-11-19)14-5-3-13(4-6-14)15-7-9-18-17-16(15)8-12-20(17)23/h3-7,9,23H,1-2,8,10-12H2. The first-order chi connectivity index (χ1) is 11.6. The van der Waals surface area contributed by atoms with Crippen molar-refractivity contribution in [3.05, 3.63) is 42.1 Å². The van der Waals surface area contributed by atoms with Gasteiger partial charge >= 0.3 is 0 Å². The quantitative estimate of drug-likeness (QED) is 0.854. The van der Waals surface area contributed by atoms with E-state index in [9.17, 15) is 8.42 Å². The van der Waals surface area contributed by atoms with Gasteiger partial charge < -0.3 is 4.31 Å². The highest BCUT2D eigenvalue weighted by molar-refractivity contribution is 7.89.